The molecule has 0 saturated carbocycles. The molecule has 1 saturated heterocycles. The number of hydrogen-bond acceptors (Lipinski definition) is 5. The molecule has 2 heterocycles. The third kappa shape index (κ3) is 3.01. The average molecular weight is 341 g/mol. The van der Waals surface area contributed by atoms with E-state index in [2.05, 4.69) is 23.3 Å². The van der Waals surface area contributed by atoms with Crippen LogP contribution in [0.2, 0.25) is 0 Å². The fourth-order valence-corrected chi connectivity index (χ4v) is 4.24. The Morgan fingerprint density at radius 1 is 1.12 bits per heavy atom. The van der Waals surface area contributed by atoms with Gasteiger partial charge in [0.2, 0.25) is 0 Å². The van der Waals surface area contributed by atoms with E-state index in [-0.39, 0.29) is 0 Å². The first-order chi connectivity index (χ1) is 12.2. The molecule has 1 aromatic heterocycles. The van der Waals surface area contributed by atoms with Crippen molar-refractivity contribution in [2.75, 3.05) is 39.7 Å². The van der Waals surface area contributed by atoms with Crippen LogP contribution in [-0.4, -0.2) is 50.3 Å². The molecule has 134 valence electrons. The lowest BCUT2D eigenvalue weighted by Crippen LogP contribution is -2.40. The second kappa shape index (κ2) is 6.71. The molecule has 2 aromatic rings. The van der Waals surface area contributed by atoms with Gasteiger partial charge in [0.05, 0.1) is 19.7 Å². The summed E-state index contributed by atoms with van der Waals surface area (Å²) in [6.07, 6.45) is 5.83. The predicted molar refractivity (Wildman–Crippen MR) is 101 cm³/mol. The van der Waals surface area contributed by atoms with E-state index in [1.54, 1.807) is 14.2 Å². The fraction of sp³-hybridized carbons (Fsp3) is 0.550. The third-order valence-electron chi connectivity index (χ3n) is 5.49. The fourth-order valence-electron chi connectivity index (χ4n) is 4.24. The number of likely N-dealkylation sites (N-methyl/N-ethyl adjacent to an activating group) is 1. The van der Waals surface area contributed by atoms with E-state index in [9.17, 15) is 0 Å². The maximum absolute atomic E-state index is 5.54. The van der Waals surface area contributed by atoms with Crippen molar-refractivity contribution in [2.45, 2.75) is 38.1 Å². The number of nitrogens with one attached hydrogen (secondary N) is 1. The van der Waals surface area contributed by atoms with Crippen LogP contribution in [0.5, 0.6) is 11.5 Å². The van der Waals surface area contributed by atoms with Crippen molar-refractivity contribution in [1.29, 1.82) is 0 Å². The number of likely N-dealkylation sites (tertiary alicyclic amines) is 1. The number of aryl methyl sites for hydroxylation is 1. The molecule has 1 atom stereocenters. The highest BCUT2D eigenvalue weighted by atomic mass is 16.5. The SMILES string of the molecule is COc1cc2nc3c(c(N[C@H]4CCCN(C)C4)c2cc1OC)CCC3. The van der Waals surface area contributed by atoms with Gasteiger partial charge in [-0.1, -0.05) is 0 Å². The highest BCUT2D eigenvalue weighted by Crippen LogP contribution is 2.40. The van der Waals surface area contributed by atoms with E-state index in [0.29, 0.717) is 6.04 Å². The van der Waals surface area contributed by atoms with E-state index in [0.717, 1.165) is 41.8 Å². The molecule has 1 aliphatic heterocycles. The molecule has 4 rings (SSSR count). The Labute approximate surface area is 149 Å². The number of aromatic nitrogens is 1. The Morgan fingerprint density at radius 3 is 2.68 bits per heavy atom. The first-order valence-electron chi connectivity index (χ1n) is 9.22. The number of rotatable bonds is 4. The van der Waals surface area contributed by atoms with Crippen LogP contribution in [0.3, 0.4) is 0 Å². The second-order valence-electron chi connectivity index (χ2n) is 7.24. The third-order valence-corrected chi connectivity index (χ3v) is 5.49. The molecule has 25 heavy (non-hydrogen) atoms. The maximum atomic E-state index is 5.54. The summed E-state index contributed by atoms with van der Waals surface area (Å²) in [7, 11) is 5.57. The Bertz CT molecular complexity index is 790. The normalized spacial score (nSPS) is 20.5. The van der Waals surface area contributed by atoms with Gasteiger partial charge in [0.25, 0.3) is 0 Å². The van der Waals surface area contributed by atoms with Gasteiger partial charge in [-0.25, -0.2) is 0 Å². The number of anilines is 1. The number of ether oxygens (including phenoxy) is 2. The van der Waals surface area contributed by atoms with Gasteiger partial charge in [0.15, 0.2) is 11.5 Å². The van der Waals surface area contributed by atoms with Crippen molar-refractivity contribution in [3.63, 3.8) is 0 Å². The van der Waals surface area contributed by atoms with E-state index < -0.39 is 0 Å². The number of benzene rings is 1. The first-order valence-corrected chi connectivity index (χ1v) is 9.22. The van der Waals surface area contributed by atoms with Gasteiger partial charge in [-0.05, 0) is 57.3 Å². The van der Waals surface area contributed by atoms with Crippen LogP contribution in [0, 0.1) is 0 Å². The largest absolute Gasteiger partial charge is 0.493 e. The van der Waals surface area contributed by atoms with E-state index in [1.165, 1.54) is 42.8 Å². The molecule has 0 bridgehead atoms. The van der Waals surface area contributed by atoms with Crippen molar-refractivity contribution >= 4 is 16.6 Å². The quantitative estimate of drug-likeness (QED) is 0.925. The van der Waals surface area contributed by atoms with Crippen LogP contribution in [0.25, 0.3) is 10.9 Å². The number of piperidine rings is 1. The van der Waals surface area contributed by atoms with Gasteiger partial charge in [0.1, 0.15) is 0 Å². The lowest BCUT2D eigenvalue weighted by Gasteiger charge is -2.32. The lowest BCUT2D eigenvalue weighted by atomic mass is 10.0. The number of hydrogen-bond donors (Lipinski definition) is 1. The van der Waals surface area contributed by atoms with Gasteiger partial charge in [-0.2, -0.15) is 0 Å². The molecule has 0 unspecified atom stereocenters. The van der Waals surface area contributed by atoms with E-state index in [1.807, 2.05) is 6.07 Å². The summed E-state index contributed by atoms with van der Waals surface area (Å²) in [6.45, 7) is 2.28. The Morgan fingerprint density at radius 2 is 1.92 bits per heavy atom. The van der Waals surface area contributed by atoms with Crippen molar-refractivity contribution in [3.05, 3.63) is 23.4 Å². The van der Waals surface area contributed by atoms with Crippen LogP contribution in [0.1, 0.15) is 30.5 Å². The van der Waals surface area contributed by atoms with Gasteiger partial charge < -0.3 is 19.7 Å². The monoisotopic (exact) mass is 341 g/mol. The average Bonchev–Trinajstić information content (AvgIpc) is 3.08. The Balaban J connectivity index is 1.82. The molecule has 1 aromatic carbocycles. The number of methoxy groups -OCH3 is 2. The molecular formula is C20H27N3O2. The predicted octanol–water partition coefficient (Wildman–Crippen LogP) is 3.25. The molecule has 1 N–H and O–H groups in total. The Hall–Kier alpha value is -2.01. The standard InChI is InChI=1S/C20H27N3O2/c1-23-9-5-6-13(12-23)21-20-14-7-4-8-16(14)22-17-11-19(25-3)18(24-2)10-15(17)20/h10-11,13H,4-9,12H2,1-3H3,(H,21,22)/t13-/m0/s1. The van der Waals surface area contributed by atoms with Crippen molar-refractivity contribution < 1.29 is 9.47 Å². The number of nitrogens with zero attached hydrogens (tertiary/aromatic N) is 2. The zero-order chi connectivity index (χ0) is 17.4. The minimum Gasteiger partial charge on any atom is -0.493 e. The molecular weight excluding hydrogens is 314 g/mol. The summed E-state index contributed by atoms with van der Waals surface area (Å²) in [5.41, 5.74) is 4.89. The Kier molecular flexibility index (Phi) is 4.42. The number of fused-ring (bicyclic) bond motifs is 2. The summed E-state index contributed by atoms with van der Waals surface area (Å²) >= 11 is 0. The van der Waals surface area contributed by atoms with Crippen LogP contribution in [0.15, 0.2) is 12.1 Å². The first kappa shape index (κ1) is 16.5. The molecule has 2 aliphatic rings. The molecule has 0 radical (unpaired) electrons. The highest BCUT2D eigenvalue weighted by Gasteiger charge is 2.24. The van der Waals surface area contributed by atoms with Gasteiger partial charge >= 0.3 is 0 Å². The molecule has 5 nitrogen and oxygen atoms in total. The van der Waals surface area contributed by atoms with Crippen LogP contribution >= 0.6 is 0 Å². The molecule has 5 heteroatoms. The summed E-state index contributed by atoms with van der Waals surface area (Å²) < 4.78 is 11.0. The minimum atomic E-state index is 0.488. The van der Waals surface area contributed by atoms with Crippen molar-refractivity contribution in [2.24, 2.45) is 0 Å². The van der Waals surface area contributed by atoms with Gasteiger partial charge in [-0.15, -0.1) is 0 Å². The van der Waals surface area contributed by atoms with E-state index in [4.69, 9.17) is 14.5 Å². The van der Waals surface area contributed by atoms with Crippen LogP contribution in [-0.2, 0) is 12.8 Å². The van der Waals surface area contributed by atoms with Crippen LogP contribution < -0.4 is 14.8 Å². The second-order valence-corrected chi connectivity index (χ2v) is 7.24. The van der Waals surface area contributed by atoms with Gasteiger partial charge in [-0.3, -0.25) is 4.98 Å². The zero-order valence-corrected chi connectivity index (χ0v) is 15.4. The molecule has 1 aliphatic carbocycles. The minimum absolute atomic E-state index is 0.488. The molecule has 1 fully saturated rings. The highest BCUT2D eigenvalue weighted by molar-refractivity contribution is 5.96. The van der Waals surface area contributed by atoms with Crippen molar-refractivity contribution in [3.8, 4) is 11.5 Å². The summed E-state index contributed by atoms with van der Waals surface area (Å²) in [5, 5.41) is 5.01. The molecule has 0 spiro atoms. The van der Waals surface area contributed by atoms with Crippen molar-refractivity contribution in [1.82, 2.24) is 9.88 Å². The van der Waals surface area contributed by atoms with Gasteiger partial charge in [0, 0.05) is 35.4 Å². The maximum Gasteiger partial charge on any atom is 0.162 e. The lowest BCUT2D eigenvalue weighted by molar-refractivity contribution is 0.261. The molecule has 0 amide bonds. The smallest absolute Gasteiger partial charge is 0.162 e. The van der Waals surface area contributed by atoms with E-state index >= 15 is 0 Å². The zero-order valence-electron chi connectivity index (χ0n) is 15.4. The van der Waals surface area contributed by atoms with Crippen LogP contribution in [0.4, 0.5) is 5.69 Å². The summed E-state index contributed by atoms with van der Waals surface area (Å²) in [4.78, 5) is 7.33. The summed E-state index contributed by atoms with van der Waals surface area (Å²) in [6, 6.07) is 4.57. The summed E-state index contributed by atoms with van der Waals surface area (Å²) in [5.74, 6) is 1.50. The topological polar surface area (TPSA) is 46.6 Å². The number of pyridine rings is 1.